The Morgan fingerprint density at radius 2 is 1.74 bits per heavy atom. The van der Waals surface area contributed by atoms with E-state index in [9.17, 15) is 18.0 Å². The van der Waals surface area contributed by atoms with Crippen molar-refractivity contribution in [1.29, 1.82) is 0 Å². The Morgan fingerprint density at radius 3 is 2.29 bits per heavy atom. The number of anilines is 1. The van der Waals surface area contributed by atoms with Crippen LogP contribution in [0.2, 0.25) is 10.0 Å². The van der Waals surface area contributed by atoms with Crippen LogP contribution in [0.5, 0.6) is 0 Å². The minimum Gasteiger partial charge on any atom is -0.354 e. The third-order valence-electron chi connectivity index (χ3n) is 5.35. The maximum absolute atomic E-state index is 13.5. The molecule has 2 rings (SSSR count). The number of nitrogens with zero attached hydrogens (tertiary/aromatic N) is 2. The number of rotatable bonds is 10. The van der Waals surface area contributed by atoms with Crippen LogP contribution in [0, 0.1) is 13.8 Å². The molecule has 2 aromatic rings. The molecule has 0 fully saturated rings. The van der Waals surface area contributed by atoms with Crippen LogP contribution in [0.15, 0.2) is 36.4 Å². The van der Waals surface area contributed by atoms with Gasteiger partial charge in [0.2, 0.25) is 21.8 Å². The second-order valence-electron chi connectivity index (χ2n) is 8.30. The van der Waals surface area contributed by atoms with Crippen molar-refractivity contribution in [1.82, 2.24) is 10.2 Å². The first-order chi connectivity index (χ1) is 15.8. The van der Waals surface area contributed by atoms with Crippen LogP contribution in [0.4, 0.5) is 5.69 Å². The number of amides is 2. The maximum atomic E-state index is 13.5. The molecule has 1 atom stereocenters. The smallest absolute Gasteiger partial charge is 0.244 e. The van der Waals surface area contributed by atoms with Crippen LogP contribution in [0.1, 0.15) is 37.0 Å². The van der Waals surface area contributed by atoms with Gasteiger partial charge in [0.1, 0.15) is 12.6 Å². The van der Waals surface area contributed by atoms with Gasteiger partial charge in [-0.25, -0.2) is 8.42 Å². The number of hydrogen-bond donors (Lipinski definition) is 1. The zero-order valence-corrected chi connectivity index (χ0v) is 22.4. The summed E-state index contributed by atoms with van der Waals surface area (Å²) in [5.41, 5.74) is 2.78. The highest BCUT2D eigenvalue weighted by molar-refractivity contribution is 7.92. The number of hydrogen-bond acceptors (Lipinski definition) is 4. The topological polar surface area (TPSA) is 86.8 Å². The Morgan fingerprint density at radius 1 is 1.06 bits per heavy atom. The Hall–Kier alpha value is -2.29. The SMILES string of the molecule is CCCNC(=O)[C@H](C)N(Cc1ccc(Cl)c(Cl)c1)C(=O)CN(c1ccc(C)cc1C)S(C)(=O)=O. The lowest BCUT2D eigenvalue weighted by atomic mass is 10.1. The van der Waals surface area contributed by atoms with Gasteiger partial charge in [-0.15, -0.1) is 0 Å². The predicted octanol–water partition coefficient (Wildman–Crippen LogP) is 4.32. The average Bonchev–Trinajstić information content (AvgIpc) is 2.75. The maximum Gasteiger partial charge on any atom is 0.244 e. The highest BCUT2D eigenvalue weighted by Gasteiger charge is 2.30. The molecule has 7 nitrogen and oxygen atoms in total. The lowest BCUT2D eigenvalue weighted by Crippen LogP contribution is -2.51. The molecule has 2 amide bonds. The van der Waals surface area contributed by atoms with Crippen LogP contribution < -0.4 is 9.62 Å². The fourth-order valence-electron chi connectivity index (χ4n) is 3.49. The van der Waals surface area contributed by atoms with Gasteiger partial charge < -0.3 is 10.2 Å². The van der Waals surface area contributed by atoms with E-state index in [-0.39, 0.29) is 12.5 Å². The van der Waals surface area contributed by atoms with E-state index in [1.165, 1.54) is 4.90 Å². The highest BCUT2D eigenvalue weighted by Crippen LogP contribution is 2.26. The molecule has 0 aliphatic rings. The molecule has 34 heavy (non-hydrogen) atoms. The molecule has 0 aliphatic carbocycles. The summed E-state index contributed by atoms with van der Waals surface area (Å²) in [6.45, 7) is 7.31. The van der Waals surface area contributed by atoms with Gasteiger partial charge in [-0.05, 0) is 56.5 Å². The van der Waals surface area contributed by atoms with Crippen molar-refractivity contribution in [3.8, 4) is 0 Å². The molecule has 0 radical (unpaired) electrons. The lowest BCUT2D eigenvalue weighted by molar-refractivity contribution is -0.139. The Labute approximate surface area is 212 Å². The number of aryl methyl sites for hydroxylation is 2. The molecule has 0 spiro atoms. The number of halogens is 2. The van der Waals surface area contributed by atoms with E-state index >= 15 is 0 Å². The van der Waals surface area contributed by atoms with Crippen LogP contribution in [0.3, 0.4) is 0 Å². The van der Waals surface area contributed by atoms with Crippen molar-refractivity contribution in [3.05, 3.63) is 63.1 Å². The van der Waals surface area contributed by atoms with Crippen molar-refractivity contribution in [3.63, 3.8) is 0 Å². The summed E-state index contributed by atoms with van der Waals surface area (Å²) in [4.78, 5) is 27.6. The number of sulfonamides is 1. The van der Waals surface area contributed by atoms with Crippen molar-refractivity contribution >= 4 is 50.7 Å². The Kier molecular flexibility index (Phi) is 9.79. The molecule has 0 aliphatic heterocycles. The van der Waals surface area contributed by atoms with Gasteiger partial charge in [-0.1, -0.05) is 53.9 Å². The quantitative estimate of drug-likeness (QED) is 0.498. The summed E-state index contributed by atoms with van der Waals surface area (Å²) in [6, 6.07) is 9.44. The Bertz CT molecular complexity index is 1150. The summed E-state index contributed by atoms with van der Waals surface area (Å²) in [6.07, 6.45) is 1.80. The molecule has 10 heteroatoms. The first kappa shape index (κ1) is 28.0. The largest absolute Gasteiger partial charge is 0.354 e. The van der Waals surface area contributed by atoms with Crippen LogP contribution in [0.25, 0.3) is 0 Å². The van der Waals surface area contributed by atoms with Gasteiger partial charge in [-0.3, -0.25) is 13.9 Å². The normalized spacial score (nSPS) is 12.2. The summed E-state index contributed by atoms with van der Waals surface area (Å²) < 4.78 is 26.4. The van der Waals surface area contributed by atoms with Crippen molar-refractivity contribution in [2.45, 2.75) is 46.7 Å². The van der Waals surface area contributed by atoms with Gasteiger partial charge in [0, 0.05) is 13.1 Å². The lowest BCUT2D eigenvalue weighted by Gasteiger charge is -2.32. The molecule has 0 heterocycles. The molecule has 186 valence electrons. The fraction of sp³-hybridized carbons (Fsp3) is 0.417. The zero-order valence-electron chi connectivity index (χ0n) is 20.1. The van der Waals surface area contributed by atoms with Gasteiger partial charge in [-0.2, -0.15) is 0 Å². The molecular formula is C24H31Cl2N3O4S. The number of carbonyl (C=O) groups excluding carboxylic acids is 2. The van der Waals surface area contributed by atoms with E-state index < -0.39 is 28.5 Å². The third kappa shape index (κ3) is 7.35. The zero-order chi connectivity index (χ0) is 25.6. The average molecular weight is 529 g/mol. The van der Waals surface area contributed by atoms with E-state index in [1.54, 1.807) is 44.2 Å². The van der Waals surface area contributed by atoms with Crippen LogP contribution in [-0.2, 0) is 26.2 Å². The minimum absolute atomic E-state index is 0.0565. The monoisotopic (exact) mass is 527 g/mol. The second-order valence-corrected chi connectivity index (χ2v) is 11.0. The van der Waals surface area contributed by atoms with E-state index in [0.717, 1.165) is 28.1 Å². The van der Waals surface area contributed by atoms with Crippen molar-refractivity contribution in [2.75, 3.05) is 23.7 Å². The van der Waals surface area contributed by atoms with E-state index in [1.807, 2.05) is 19.9 Å². The van der Waals surface area contributed by atoms with Crippen LogP contribution in [-0.4, -0.2) is 50.5 Å². The summed E-state index contributed by atoms with van der Waals surface area (Å²) in [5, 5.41) is 3.48. The molecule has 2 aromatic carbocycles. The molecule has 0 saturated carbocycles. The van der Waals surface area contributed by atoms with Crippen LogP contribution >= 0.6 is 23.2 Å². The van der Waals surface area contributed by atoms with Gasteiger partial charge in [0.25, 0.3) is 0 Å². The number of benzene rings is 2. The molecular weight excluding hydrogens is 497 g/mol. The first-order valence-corrected chi connectivity index (χ1v) is 13.5. The number of carbonyl (C=O) groups is 2. The van der Waals surface area contributed by atoms with E-state index in [4.69, 9.17) is 23.2 Å². The van der Waals surface area contributed by atoms with E-state index in [0.29, 0.717) is 27.8 Å². The second kappa shape index (κ2) is 11.9. The van der Waals surface area contributed by atoms with Crippen molar-refractivity contribution < 1.29 is 18.0 Å². The molecule has 0 saturated heterocycles. The summed E-state index contributed by atoms with van der Waals surface area (Å²) in [7, 11) is -3.78. The third-order valence-corrected chi connectivity index (χ3v) is 7.22. The van der Waals surface area contributed by atoms with Gasteiger partial charge >= 0.3 is 0 Å². The summed E-state index contributed by atoms with van der Waals surface area (Å²) in [5.74, 6) is -0.844. The molecule has 0 bridgehead atoms. The van der Waals surface area contributed by atoms with E-state index in [2.05, 4.69) is 5.32 Å². The highest BCUT2D eigenvalue weighted by atomic mass is 35.5. The minimum atomic E-state index is -3.78. The van der Waals surface area contributed by atoms with Crippen molar-refractivity contribution in [2.24, 2.45) is 0 Å². The first-order valence-electron chi connectivity index (χ1n) is 10.9. The fourth-order valence-corrected chi connectivity index (χ4v) is 4.72. The standard InChI is InChI=1S/C24H31Cl2N3O4S/c1-6-11-27-24(31)18(4)28(14-19-8-9-20(25)21(26)13-19)23(30)15-29(34(5,32)33)22-10-7-16(2)12-17(22)3/h7-10,12-13,18H,6,11,14-15H2,1-5H3,(H,27,31)/t18-/m0/s1. The van der Waals surface area contributed by atoms with Gasteiger partial charge in [0.05, 0.1) is 22.0 Å². The van der Waals surface area contributed by atoms with Gasteiger partial charge in [0.15, 0.2) is 0 Å². The molecule has 0 aromatic heterocycles. The molecule has 1 N–H and O–H groups in total. The summed E-state index contributed by atoms with van der Waals surface area (Å²) >= 11 is 12.2. The number of nitrogens with one attached hydrogen (secondary N) is 1. The molecule has 0 unspecified atom stereocenters. The predicted molar refractivity (Wildman–Crippen MR) is 138 cm³/mol. The Balaban J connectivity index is 2.42.